The van der Waals surface area contributed by atoms with Crippen LogP contribution < -0.4 is 11.1 Å². The Hall–Kier alpha value is -2.28. The largest absolute Gasteiger partial charge is 0.381 e. The normalized spacial score (nSPS) is 19.3. The van der Waals surface area contributed by atoms with Crippen LogP contribution in [0.1, 0.15) is 53.7 Å². The minimum Gasteiger partial charge on any atom is -0.381 e. The number of hydrogen-bond acceptors (Lipinski definition) is 7. The molecule has 26 heavy (non-hydrogen) atoms. The molecule has 3 N–H and O–H groups in total. The van der Waals surface area contributed by atoms with E-state index in [1.165, 1.54) is 24.1 Å². The van der Waals surface area contributed by atoms with Crippen LogP contribution in [0.15, 0.2) is 6.07 Å². The van der Waals surface area contributed by atoms with Gasteiger partial charge in [0.25, 0.3) is 0 Å². The van der Waals surface area contributed by atoms with Crippen molar-refractivity contribution in [3.8, 4) is 0 Å². The van der Waals surface area contributed by atoms with E-state index in [4.69, 9.17) is 20.4 Å². The van der Waals surface area contributed by atoms with E-state index in [0.29, 0.717) is 18.5 Å². The van der Waals surface area contributed by atoms with Crippen LogP contribution in [0.3, 0.4) is 0 Å². The Morgan fingerprint density at radius 1 is 1.19 bits per heavy atom. The van der Waals surface area contributed by atoms with Crippen molar-refractivity contribution >= 4 is 11.8 Å². The molecule has 7 heteroatoms. The molecular weight excluding hydrogens is 328 g/mol. The maximum Gasteiger partial charge on any atom is 0.222 e. The van der Waals surface area contributed by atoms with Gasteiger partial charge in [-0.05, 0) is 44.6 Å². The summed E-state index contributed by atoms with van der Waals surface area (Å²) in [5, 5.41) is 3.35. The molecule has 0 spiro atoms. The predicted octanol–water partition coefficient (Wildman–Crippen LogP) is 2.19. The van der Waals surface area contributed by atoms with Crippen LogP contribution in [0.25, 0.3) is 0 Å². The van der Waals surface area contributed by atoms with E-state index in [0.717, 1.165) is 61.9 Å². The monoisotopic (exact) mass is 354 g/mol. The topological polar surface area (TPSA) is 98.8 Å². The van der Waals surface area contributed by atoms with Crippen molar-refractivity contribution in [3.63, 3.8) is 0 Å². The van der Waals surface area contributed by atoms with Gasteiger partial charge in [-0.15, -0.1) is 0 Å². The summed E-state index contributed by atoms with van der Waals surface area (Å²) in [7, 11) is 0. The maximum absolute atomic E-state index is 5.88. The summed E-state index contributed by atoms with van der Waals surface area (Å²) in [6.07, 6.45) is 6.43. The van der Waals surface area contributed by atoms with Crippen LogP contribution in [0, 0.1) is 6.92 Å². The SMILES string of the molecule is Cc1nc(CCNc2cc(C3CCOC3)nc(N)n2)nc2c1CCCC2. The maximum atomic E-state index is 5.88. The van der Waals surface area contributed by atoms with Gasteiger partial charge in [0.2, 0.25) is 5.95 Å². The lowest BCUT2D eigenvalue weighted by Gasteiger charge is -2.17. The first-order chi connectivity index (χ1) is 12.7. The molecule has 1 atom stereocenters. The van der Waals surface area contributed by atoms with E-state index < -0.39 is 0 Å². The molecule has 4 rings (SSSR count). The molecule has 138 valence electrons. The number of hydrogen-bond donors (Lipinski definition) is 2. The van der Waals surface area contributed by atoms with Gasteiger partial charge in [-0.2, -0.15) is 4.98 Å². The molecule has 0 aromatic carbocycles. The van der Waals surface area contributed by atoms with Crippen molar-refractivity contribution in [2.75, 3.05) is 30.8 Å². The summed E-state index contributed by atoms with van der Waals surface area (Å²) in [5.41, 5.74) is 10.6. The Morgan fingerprint density at radius 2 is 2.08 bits per heavy atom. The van der Waals surface area contributed by atoms with Crippen LogP contribution >= 0.6 is 0 Å². The van der Waals surface area contributed by atoms with Crippen LogP contribution in [0.4, 0.5) is 11.8 Å². The van der Waals surface area contributed by atoms with Crippen LogP contribution in [0.2, 0.25) is 0 Å². The highest BCUT2D eigenvalue weighted by atomic mass is 16.5. The fraction of sp³-hybridized carbons (Fsp3) is 0.579. The second-order valence-electron chi connectivity index (χ2n) is 7.13. The number of anilines is 2. The van der Waals surface area contributed by atoms with E-state index in [1.54, 1.807) is 0 Å². The van der Waals surface area contributed by atoms with Gasteiger partial charge in [0.05, 0.1) is 12.3 Å². The first-order valence-electron chi connectivity index (χ1n) is 9.50. The van der Waals surface area contributed by atoms with Gasteiger partial charge in [-0.25, -0.2) is 15.0 Å². The fourth-order valence-corrected chi connectivity index (χ4v) is 3.81. The van der Waals surface area contributed by atoms with Crippen molar-refractivity contribution in [2.24, 2.45) is 0 Å². The smallest absolute Gasteiger partial charge is 0.222 e. The van der Waals surface area contributed by atoms with Crippen molar-refractivity contribution in [1.29, 1.82) is 0 Å². The zero-order valence-corrected chi connectivity index (χ0v) is 15.3. The number of nitrogen functional groups attached to an aromatic ring is 1. The van der Waals surface area contributed by atoms with Gasteiger partial charge in [0.1, 0.15) is 11.6 Å². The quantitative estimate of drug-likeness (QED) is 0.849. The standard InChI is InChI=1S/C19H26N6O/c1-12-14-4-2-3-5-15(14)23-17(22-12)6-8-21-18-10-16(24-19(20)25-18)13-7-9-26-11-13/h10,13H,2-9,11H2,1H3,(H3,20,21,24,25). The summed E-state index contributed by atoms with van der Waals surface area (Å²) >= 11 is 0. The van der Waals surface area contributed by atoms with Gasteiger partial charge >= 0.3 is 0 Å². The predicted molar refractivity (Wildman–Crippen MR) is 100 cm³/mol. The summed E-state index contributed by atoms with van der Waals surface area (Å²) in [6, 6.07) is 1.98. The number of nitrogens with zero attached hydrogens (tertiary/aromatic N) is 4. The number of rotatable bonds is 5. The first kappa shape index (κ1) is 17.1. The van der Waals surface area contributed by atoms with Gasteiger partial charge in [0, 0.05) is 42.9 Å². The molecule has 2 aliphatic rings. The number of nitrogens with two attached hydrogens (primary N) is 1. The average molecular weight is 354 g/mol. The van der Waals surface area contributed by atoms with Crippen molar-refractivity contribution in [2.45, 2.75) is 51.4 Å². The van der Waals surface area contributed by atoms with Gasteiger partial charge in [-0.3, -0.25) is 0 Å². The van der Waals surface area contributed by atoms with Crippen LogP contribution in [-0.2, 0) is 24.0 Å². The third-order valence-corrected chi connectivity index (χ3v) is 5.20. The summed E-state index contributed by atoms with van der Waals surface area (Å²) in [6.45, 7) is 4.31. The van der Waals surface area contributed by atoms with Crippen LogP contribution in [0.5, 0.6) is 0 Å². The van der Waals surface area contributed by atoms with Crippen molar-refractivity contribution in [3.05, 3.63) is 34.5 Å². The van der Waals surface area contributed by atoms with E-state index >= 15 is 0 Å². The van der Waals surface area contributed by atoms with Gasteiger partial charge in [0.15, 0.2) is 0 Å². The molecule has 0 amide bonds. The molecular formula is C19H26N6O. The minimum atomic E-state index is 0.303. The molecule has 0 radical (unpaired) electrons. The lowest BCUT2D eigenvalue weighted by atomic mass is 9.95. The zero-order chi connectivity index (χ0) is 17.9. The summed E-state index contributed by atoms with van der Waals surface area (Å²) < 4.78 is 5.45. The number of fused-ring (bicyclic) bond motifs is 1. The van der Waals surface area contributed by atoms with Crippen LogP contribution in [-0.4, -0.2) is 39.7 Å². The molecule has 7 nitrogen and oxygen atoms in total. The number of aryl methyl sites for hydroxylation is 2. The number of aromatic nitrogens is 4. The van der Waals surface area contributed by atoms with E-state index in [9.17, 15) is 0 Å². The molecule has 0 saturated carbocycles. The molecule has 1 unspecified atom stereocenters. The first-order valence-corrected chi connectivity index (χ1v) is 9.50. The Labute approximate surface area is 153 Å². The lowest BCUT2D eigenvalue weighted by molar-refractivity contribution is 0.193. The Kier molecular flexibility index (Phi) is 4.97. The molecule has 2 aromatic rings. The van der Waals surface area contributed by atoms with Gasteiger partial charge in [-0.1, -0.05) is 0 Å². The number of nitrogens with one attached hydrogen (secondary N) is 1. The highest BCUT2D eigenvalue weighted by Crippen LogP contribution is 2.25. The summed E-state index contributed by atoms with van der Waals surface area (Å²) in [4.78, 5) is 18.1. The molecule has 0 bridgehead atoms. The lowest BCUT2D eigenvalue weighted by Crippen LogP contribution is -2.15. The Balaban J connectivity index is 1.41. The Bertz CT molecular complexity index is 788. The summed E-state index contributed by atoms with van der Waals surface area (Å²) in [5.74, 6) is 2.28. The zero-order valence-electron chi connectivity index (χ0n) is 15.3. The molecule has 1 aliphatic heterocycles. The third-order valence-electron chi connectivity index (χ3n) is 5.20. The third kappa shape index (κ3) is 3.77. The highest BCUT2D eigenvalue weighted by molar-refractivity contribution is 5.41. The molecule has 3 heterocycles. The Morgan fingerprint density at radius 3 is 2.92 bits per heavy atom. The molecule has 1 aliphatic carbocycles. The molecule has 1 saturated heterocycles. The second-order valence-corrected chi connectivity index (χ2v) is 7.13. The second kappa shape index (κ2) is 7.53. The molecule has 1 fully saturated rings. The average Bonchev–Trinajstić information content (AvgIpc) is 3.16. The fourth-order valence-electron chi connectivity index (χ4n) is 3.81. The highest BCUT2D eigenvalue weighted by Gasteiger charge is 2.20. The van der Waals surface area contributed by atoms with Gasteiger partial charge < -0.3 is 15.8 Å². The van der Waals surface area contributed by atoms with Crippen molar-refractivity contribution < 1.29 is 4.74 Å². The van der Waals surface area contributed by atoms with Crippen molar-refractivity contribution in [1.82, 2.24) is 19.9 Å². The van der Waals surface area contributed by atoms with E-state index in [-0.39, 0.29) is 0 Å². The molecule has 2 aromatic heterocycles. The van der Waals surface area contributed by atoms with E-state index in [1.807, 2.05) is 6.07 Å². The van der Waals surface area contributed by atoms with E-state index in [2.05, 4.69) is 22.2 Å². The number of ether oxygens (including phenoxy) is 1. The minimum absolute atomic E-state index is 0.303.